The maximum Gasteiger partial charge on any atom is 1.00 e. The molecule has 3 saturated carbocycles. The number of amides is 4. The number of rotatable bonds is 20. The summed E-state index contributed by atoms with van der Waals surface area (Å²) in [6, 6.07) is 30.3. The van der Waals surface area contributed by atoms with Crippen LogP contribution in [0, 0.1) is 68.1 Å². The molecule has 3 aliphatic heterocycles. The monoisotopic (exact) mass is 1600 g/mol. The van der Waals surface area contributed by atoms with Crippen molar-refractivity contribution in [2.45, 2.75) is 115 Å². The molecule has 10 aromatic rings. The van der Waals surface area contributed by atoms with Gasteiger partial charge in [0.2, 0.25) is 35.6 Å². The summed E-state index contributed by atoms with van der Waals surface area (Å²) in [5.41, 5.74) is 16.9. The molecule has 3 saturated heterocycles. The number of benzene rings is 4. The number of nitrogens with two attached hydrogens (primary N) is 1. The van der Waals surface area contributed by atoms with Crippen LogP contribution < -0.4 is 45.9 Å². The Kier molecular flexibility index (Phi) is 29.5. The van der Waals surface area contributed by atoms with Crippen LogP contribution in [-0.2, 0) is 29.2 Å². The quantitative estimate of drug-likeness (QED) is 0.0270. The number of esters is 1. The summed E-state index contributed by atoms with van der Waals surface area (Å²) in [6.45, 7) is 15.1. The molecule has 6 aromatic heterocycles. The minimum Gasteiger partial charge on any atom is -0.870 e. The molecule has 4 aromatic carbocycles. The van der Waals surface area contributed by atoms with Crippen LogP contribution in [0.2, 0.25) is 0 Å². The smallest absolute Gasteiger partial charge is 0.870 e. The number of likely N-dealkylation sites (tertiary alicyclic amines) is 3. The zero-order chi connectivity index (χ0) is 81.1. The third-order valence-corrected chi connectivity index (χ3v) is 20.2. The molecule has 35 nitrogen and oxygen atoms in total. The molecular weight excluding hydrogens is 1520 g/mol. The van der Waals surface area contributed by atoms with E-state index < -0.39 is 22.1 Å². The van der Waals surface area contributed by atoms with Gasteiger partial charge in [-0.3, -0.25) is 37.8 Å². The molecule has 6 fully saturated rings. The standard InChI is InChI=1S/C25H26N8O2.C23H24N6O3.C22H22N6O3.C7H8O3S.C3H6N2.Li.2H2O/c1-15-10-27-25(31-22(15)17-3-5-18(6-4-17)23(34)29-16(2)9-26)30-20-11-28-33(12-20)21-13-32(14-21)24(35)19-7-8-19;1-14-9-24-23(27-20(14)15-3-7-17(8-4-15)22(31)32-2)26-18-10-25-29(11-18)19-12-28(13-19)21(30)16-5-6-16;1-13-8-23-22(26-19(13)14-2-6-16(7-3-14)21(30)31)25-17-9-24-28(10-17)18-11-27(12-18)20(29)15-4-5-15;1-6-2-4-7(5-3-6)11(8,9)10;1-3(5)2-4;;;/h3-6,10-12,16,19,21H,7-8,13-14H2,1-2H3,(H,29,34)(H,27,30,31);3-4,7-11,16,19H,5-6,12-13H2,1-2H3,(H,24,26,27);2-3,6-10,15,18H,4-5,11-12H2,1H3,(H,30,31)(H,23,25,26);2-5H,1H3,(H,8,9,10);3H,5H2,1H3;;2*1H2/q;;;;;+1;;/p-1/t16-;;;;3-;;;/m0...0.../s1. The molecular formula is C80H89LiN22O13S. The number of aromatic carboxylic acids is 1. The van der Waals surface area contributed by atoms with Gasteiger partial charge >= 0.3 is 30.8 Å². The van der Waals surface area contributed by atoms with Crippen molar-refractivity contribution in [2.75, 3.05) is 62.3 Å². The summed E-state index contributed by atoms with van der Waals surface area (Å²) < 4.78 is 39.9. The Hall–Kier alpha value is -12.7. The second kappa shape index (κ2) is 39.1. The maximum absolute atomic E-state index is 12.2. The van der Waals surface area contributed by atoms with Crippen molar-refractivity contribution < 1.29 is 81.4 Å². The molecule has 16 rings (SSSR count). The van der Waals surface area contributed by atoms with Gasteiger partial charge in [0.05, 0.1) is 112 Å². The Morgan fingerprint density at radius 2 is 0.829 bits per heavy atom. The number of anilines is 6. The van der Waals surface area contributed by atoms with E-state index in [1.807, 2.05) is 105 Å². The molecule has 2 atom stereocenters. The van der Waals surface area contributed by atoms with E-state index in [1.165, 1.54) is 19.2 Å². The topological polar surface area (TPSA) is 510 Å². The van der Waals surface area contributed by atoms with Crippen LogP contribution in [-0.4, -0.2) is 197 Å². The number of aromatic nitrogens is 12. The number of hydrogen-bond acceptors (Lipinski definition) is 25. The SMILES string of the molecule is COC(=O)c1ccc(-c2nc(Nc3cnn(C4CN(C(=O)C5CC5)C4)c3)ncc2C)cc1.C[C@H](N)C#N.Cc1ccc(S(=O)(=O)O)cc1.Cc1cnc(Nc2cnn(C3CN(C(=O)C4CC4)C3)c2)nc1-c1ccc(C(=O)N[C@@H](C)C#N)cc1.Cc1cnc(Nc2cnn(C3CN(C(=O)C4CC4)C3)c2)nc1-c1ccc(C(=O)O)cc1.O.[Li+].[OH-]. The molecule has 11 N–H and O–H groups in total. The number of aryl methyl sites for hydroxylation is 4. The van der Waals surface area contributed by atoms with Crippen molar-refractivity contribution in [2.24, 2.45) is 23.5 Å². The molecule has 0 spiro atoms. The second-order valence-corrected chi connectivity index (χ2v) is 30.2. The van der Waals surface area contributed by atoms with Gasteiger partial charge in [-0.2, -0.15) is 34.2 Å². The van der Waals surface area contributed by atoms with E-state index in [0.717, 1.165) is 112 Å². The van der Waals surface area contributed by atoms with Crippen LogP contribution in [0.4, 0.5) is 34.9 Å². The molecule has 4 amide bonds. The Morgan fingerprint density at radius 1 is 0.513 bits per heavy atom. The fraction of sp³-hybridized carbons (Fsp3) is 0.338. The Labute approximate surface area is 686 Å². The number of ether oxygens (including phenoxy) is 1. The number of carboxylic acid groups (broad SMARTS) is 1. The number of carbonyl (C=O) groups excluding carboxylic acids is 5. The third kappa shape index (κ3) is 23.1. The average Bonchev–Trinajstić information content (AvgIpc) is 1.68. The van der Waals surface area contributed by atoms with Gasteiger partial charge in [-0.05, 0) is 145 Å². The van der Waals surface area contributed by atoms with E-state index >= 15 is 0 Å². The fourth-order valence-corrected chi connectivity index (χ4v) is 12.7. The number of hydrogen-bond donors (Lipinski definition) is 7. The predicted octanol–water partition coefficient (Wildman–Crippen LogP) is 5.78. The summed E-state index contributed by atoms with van der Waals surface area (Å²) >= 11 is 0. The molecule has 0 bridgehead atoms. The zero-order valence-electron chi connectivity index (χ0n) is 65.6. The Bertz CT molecular complexity index is 5380. The third-order valence-electron chi connectivity index (χ3n) is 19.4. The fourth-order valence-electron chi connectivity index (χ4n) is 12.2. The van der Waals surface area contributed by atoms with E-state index in [-0.39, 0.29) is 112 Å². The van der Waals surface area contributed by atoms with Gasteiger partial charge < -0.3 is 62.5 Å². The number of nitrogens with one attached hydrogen (secondary N) is 4. The Morgan fingerprint density at radius 3 is 1.11 bits per heavy atom. The first kappa shape index (κ1) is 88.3. The van der Waals surface area contributed by atoms with Crippen molar-refractivity contribution in [1.82, 2.24) is 79.3 Å². The summed E-state index contributed by atoms with van der Waals surface area (Å²) in [7, 11) is -2.66. The molecule has 9 heterocycles. The van der Waals surface area contributed by atoms with Gasteiger partial charge in [-0.15, -0.1) is 0 Å². The van der Waals surface area contributed by atoms with Crippen molar-refractivity contribution in [3.63, 3.8) is 0 Å². The number of methoxy groups -OCH3 is 1. The maximum atomic E-state index is 12.2. The van der Waals surface area contributed by atoms with Crippen LogP contribution in [0.3, 0.4) is 0 Å². The number of carboxylic acids is 1. The first-order valence-electron chi connectivity index (χ1n) is 37.0. The first-order chi connectivity index (χ1) is 54.7. The van der Waals surface area contributed by atoms with Crippen molar-refractivity contribution in [3.05, 3.63) is 192 Å². The number of carbonyl (C=O) groups is 6. The van der Waals surface area contributed by atoms with Gasteiger partial charge in [0.1, 0.15) is 6.04 Å². The normalized spacial score (nSPS) is 15.1. The molecule has 604 valence electrons. The van der Waals surface area contributed by atoms with Gasteiger partial charge in [0.25, 0.3) is 16.0 Å². The van der Waals surface area contributed by atoms with E-state index in [4.69, 9.17) is 30.7 Å². The summed E-state index contributed by atoms with van der Waals surface area (Å²) in [4.78, 5) is 104. The second-order valence-electron chi connectivity index (χ2n) is 28.8. The largest absolute Gasteiger partial charge is 1.00 e. The van der Waals surface area contributed by atoms with Crippen LogP contribution in [0.15, 0.2) is 158 Å². The van der Waals surface area contributed by atoms with Gasteiger partial charge in [0.15, 0.2) is 0 Å². The summed E-state index contributed by atoms with van der Waals surface area (Å²) in [5, 5.41) is 51.2. The van der Waals surface area contributed by atoms with Gasteiger partial charge in [-0.25, -0.2) is 39.5 Å². The number of nitrogens with zero attached hydrogens (tertiary/aromatic N) is 17. The molecule has 0 radical (unpaired) electrons. The van der Waals surface area contributed by atoms with E-state index in [9.17, 15) is 37.2 Å². The van der Waals surface area contributed by atoms with Crippen molar-refractivity contribution in [1.29, 1.82) is 10.5 Å². The zero-order valence-corrected chi connectivity index (χ0v) is 66.5. The Balaban J connectivity index is 0.000000181. The van der Waals surface area contributed by atoms with Crippen LogP contribution in [0.1, 0.15) is 124 Å². The number of nitriles is 2. The van der Waals surface area contributed by atoms with Crippen molar-refractivity contribution >= 4 is 80.6 Å². The van der Waals surface area contributed by atoms with Gasteiger partial charge in [0, 0.05) is 116 Å². The van der Waals surface area contributed by atoms with Crippen LogP contribution in [0.25, 0.3) is 33.8 Å². The summed E-state index contributed by atoms with van der Waals surface area (Å²) in [6.07, 6.45) is 22.3. The molecule has 117 heavy (non-hydrogen) atoms. The minimum atomic E-state index is -4.02. The first-order valence-corrected chi connectivity index (χ1v) is 38.4. The van der Waals surface area contributed by atoms with Crippen molar-refractivity contribution in [3.8, 4) is 45.9 Å². The van der Waals surface area contributed by atoms with E-state index in [2.05, 4.69) is 66.5 Å². The molecule has 37 heteroatoms. The van der Waals surface area contributed by atoms with E-state index in [0.29, 0.717) is 68.2 Å². The van der Waals surface area contributed by atoms with Crippen LogP contribution in [0.5, 0.6) is 0 Å². The molecule has 6 aliphatic rings. The average molecular weight is 1610 g/mol. The molecule has 3 aliphatic carbocycles. The van der Waals surface area contributed by atoms with Gasteiger partial charge in [-0.1, -0.05) is 54.1 Å². The predicted molar refractivity (Wildman–Crippen MR) is 425 cm³/mol. The van der Waals surface area contributed by atoms with E-state index in [1.54, 1.807) is 118 Å². The summed E-state index contributed by atoms with van der Waals surface area (Å²) in [5.74, 6) is 1.30. The molecule has 0 unspecified atom stereocenters. The van der Waals surface area contributed by atoms with Crippen LogP contribution >= 0.6 is 0 Å². The minimum absolute atomic E-state index is 0.